The van der Waals surface area contributed by atoms with Crippen molar-refractivity contribution in [3.05, 3.63) is 12.7 Å². The molecule has 0 aliphatic rings. The van der Waals surface area contributed by atoms with E-state index in [0.29, 0.717) is 139 Å². The molecule has 0 atom stereocenters. The van der Waals surface area contributed by atoms with Gasteiger partial charge in [0.25, 0.3) is 0 Å². The van der Waals surface area contributed by atoms with Crippen LogP contribution in [0.2, 0.25) is 0 Å². The van der Waals surface area contributed by atoms with Gasteiger partial charge in [-0.3, -0.25) is 0 Å². The summed E-state index contributed by atoms with van der Waals surface area (Å²) in [4.78, 5) is 0. The fraction of sp³-hybridized carbons (Fsp3) is 0.935. The van der Waals surface area contributed by atoms with Crippen LogP contribution in [0.4, 0.5) is 0 Å². The molecule has 0 spiro atoms. The van der Waals surface area contributed by atoms with Crippen molar-refractivity contribution in [2.45, 2.75) is 45.4 Å². The molecule has 0 unspecified atom stereocenters. The lowest BCUT2D eigenvalue weighted by atomic mass is 10.1. The van der Waals surface area contributed by atoms with Gasteiger partial charge in [0.1, 0.15) is 0 Å². The summed E-state index contributed by atoms with van der Waals surface area (Å²) in [7, 11) is 0. The molecule has 0 aliphatic heterocycles. The molecule has 0 N–H and O–H groups in total. The van der Waals surface area contributed by atoms with E-state index in [9.17, 15) is 0 Å². The maximum absolute atomic E-state index is 5.58. The standard InChI is InChI=1S/C31H62O11/c1-3-5-6-7-8-9-11-33-13-15-35-17-19-37-21-23-39-25-27-41-29-31-42-30-28-40-26-24-38-22-20-36-18-16-34-14-12-32-10-4-2/h4H,2-3,5-31H2,1H3. The summed E-state index contributed by atoms with van der Waals surface area (Å²) < 4.78 is 60.0. The van der Waals surface area contributed by atoms with Gasteiger partial charge >= 0.3 is 0 Å². The topological polar surface area (TPSA) is 102 Å². The third-order valence-electron chi connectivity index (χ3n) is 5.60. The maximum Gasteiger partial charge on any atom is 0.0704 e. The van der Waals surface area contributed by atoms with Crippen LogP contribution in [0.15, 0.2) is 12.7 Å². The van der Waals surface area contributed by atoms with Crippen LogP contribution >= 0.6 is 0 Å². The predicted octanol–water partition coefficient (Wildman–Crippen LogP) is 3.72. The zero-order valence-electron chi connectivity index (χ0n) is 26.6. The zero-order chi connectivity index (χ0) is 30.3. The normalized spacial score (nSPS) is 11.5. The largest absolute Gasteiger partial charge is 0.379 e. The molecule has 11 nitrogen and oxygen atoms in total. The molecule has 0 aromatic heterocycles. The second-order valence-electron chi connectivity index (χ2n) is 9.26. The first-order valence-corrected chi connectivity index (χ1v) is 15.9. The highest BCUT2D eigenvalue weighted by atomic mass is 16.6. The fourth-order valence-electron chi connectivity index (χ4n) is 3.35. The Labute approximate surface area is 255 Å². The minimum Gasteiger partial charge on any atom is -0.379 e. The van der Waals surface area contributed by atoms with Crippen molar-refractivity contribution in [1.29, 1.82) is 0 Å². The molecule has 0 fully saturated rings. The van der Waals surface area contributed by atoms with Gasteiger partial charge in [-0.15, -0.1) is 6.58 Å². The summed E-state index contributed by atoms with van der Waals surface area (Å²) in [6.07, 6.45) is 9.41. The maximum atomic E-state index is 5.58. The molecule has 0 rings (SSSR count). The summed E-state index contributed by atoms with van der Waals surface area (Å²) in [5, 5.41) is 0. The van der Waals surface area contributed by atoms with E-state index >= 15 is 0 Å². The van der Waals surface area contributed by atoms with Gasteiger partial charge in [0.15, 0.2) is 0 Å². The lowest BCUT2D eigenvalue weighted by Gasteiger charge is -2.09. The van der Waals surface area contributed by atoms with E-state index in [1.165, 1.54) is 32.1 Å². The number of unbranched alkanes of at least 4 members (excludes halogenated alkanes) is 5. The van der Waals surface area contributed by atoms with Crippen LogP contribution < -0.4 is 0 Å². The Morgan fingerprint density at radius 3 is 0.833 bits per heavy atom. The highest BCUT2D eigenvalue weighted by Crippen LogP contribution is 2.04. The predicted molar refractivity (Wildman–Crippen MR) is 163 cm³/mol. The lowest BCUT2D eigenvalue weighted by molar-refractivity contribution is -0.0273. The summed E-state index contributed by atoms with van der Waals surface area (Å²) >= 11 is 0. The molecule has 0 amide bonds. The van der Waals surface area contributed by atoms with Crippen molar-refractivity contribution in [3.8, 4) is 0 Å². The second kappa shape index (κ2) is 40.3. The van der Waals surface area contributed by atoms with Crippen molar-refractivity contribution in [2.24, 2.45) is 0 Å². The van der Waals surface area contributed by atoms with Crippen LogP contribution in [0.3, 0.4) is 0 Å². The van der Waals surface area contributed by atoms with Crippen LogP contribution in [-0.2, 0) is 52.1 Å². The molecule has 0 bridgehead atoms. The van der Waals surface area contributed by atoms with Gasteiger partial charge in [-0.1, -0.05) is 45.1 Å². The number of rotatable bonds is 39. The molecule has 0 radical (unpaired) electrons. The third-order valence-corrected chi connectivity index (χ3v) is 5.60. The number of hydrogen-bond acceptors (Lipinski definition) is 11. The van der Waals surface area contributed by atoms with Crippen LogP contribution in [0.25, 0.3) is 0 Å². The van der Waals surface area contributed by atoms with Gasteiger partial charge < -0.3 is 52.1 Å². The lowest BCUT2D eigenvalue weighted by Crippen LogP contribution is -2.15. The summed E-state index contributed by atoms with van der Waals surface area (Å²) in [5.41, 5.74) is 0. The molecule has 42 heavy (non-hydrogen) atoms. The van der Waals surface area contributed by atoms with Gasteiger partial charge in [-0.25, -0.2) is 0 Å². The van der Waals surface area contributed by atoms with Crippen LogP contribution in [0.5, 0.6) is 0 Å². The average molecular weight is 611 g/mol. The summed E-state index contributed by atoms with van der Waals surface area (Å²) in [5.74, 6) is 0. The molecule has 0 saturated carbocycles. The highest BCUT2D eigenvalue weighted by molar-refractivity contribution is 4.63. The van der Waals surface area contributed by atoms with E-state index < -0.39 is 0 Å². The Morgan fingerprint density at radius 2 is 0.548 bits per heavy atom. The first kappa shape index (κ1) is 41.3. The van der Waals surface area contributed by atoms with E-state index in [-0.39, 0.29) is 0 Å². The SMILES string of the molecule is C=CCOCCOCCOCCOCCOCCOCCOCCOCCOCCOCCOCCCCCCCC. The average Bonchev–Trinajstić information content (AvgIpc) is 3.00. The highest BCUT2D eigenvalue weighted by Gasteiger charge is 1.96. The Hall–Kier alpha value is -0.700. The molecule has 0 aromatic rings. The Morgan fingerprint density at radius 1 is 0.310 bits per heavy atom. The Kier molecular flexibility index (Phi) is 39.6. The van der Waals surface area contributed by atoms with E-state index in [1.54, 1.807) is 6.08 Å². The monoisotopic (exact) mass is 610 g/mol. The minimum atomic E-state index is 0.523. The van der Waals surface area contributed by atoms with E-state index in [2.05, 4.69) is 13.5 Å². The van der Waals surface area contributed by atoms with Gasteiger partial charge in [0.2, 0.25) is 0 Å². The van der Waals surface area contributed by atoms with Gasteiger partial charge in [-0.2, -0.15) is 0 Å². The molecule has 252 valence electrons. The zero-order valence-corrected chi connectivity index (χ0v) is 26.6. The van der Waals surface area contributed by atoms with Crippen LogP contribution in [-0.4, -0.2) is 145 Å². The fourth-order valence-corrected chi connectivity index (χ4v) is 3.35. The molecule has 0 aromatic carbocycles. The van der Waals surface area contributed by atoms with Gasteiger partial charge in [0.05, 0.1) is 139 Å². The second-order valence-corrected chi connectivity index (χ2v) is 9.26. The van der Waals surface area contributed by atoms with Crippen LogP contribution in [0, 0.1) is 0 Å². The summed E-state index contributed by atoms with van der Waals surface area (Å²) in [6.45, 7) is 18.1. The molecule has 0 saturated heterocycles. The van der Waals surface area contributed by atoms with Crippen molar-refractivity contribution >= 4 is 0 Å². The first-order valence-electron chi connectivity index (χ1n) is 15.9. The van der Waals surface area contributed by atoms with Crippen molar-refractivity contribution in [3.63, 3.8) is 0 Å². The third kappa shape index (κ3) is 39.3. The van der Waals surface area contributed by atoms with Crippen LogP contribution in [0.1, 0.15) is 45.4 Å². The minimum absolute atomic E-state index is 0.523. The number of ether oxygens (including phenoxy) is 11. The quantitative estimate of drug-likeness (QED) is 0.0752. The molecular weight excluding hydrogens is 548 g/mol. The van der Waals surface area contributed by atoms with Crippen molar-refractivity contribution < 1.29 is 52.1 Å². The van der Waals surface area contributed by atoms with E-state index in [1.807, 2.05) is 0 Å². The smallest absolute Gasteiger partial charge is 0.0704 e. The molecular formula is C31H62O11. The Balaban J connectivity index is 3.02. The molecule has 0 aliphatic carbocycles. The van der Waals surface area contributed by atoms with Crippen molar-refractivity contribution in [2.75, 3.05) is 145 Å². The van der Waals surface area contributed by atoms with E-state index in [0.717, 1.165) is 13.0 Å². The van der Waals surface area contributed by atoms with Gasteiger partial charge in [0, 0.05) is 6.61 Å². The molecule has 0 heterocycles. The summed E-state index contributed by atoms with van der Waals surface area (Å²) in [6, 6.07) is 0. The number of hydrogen-bond donors (Lipinski definition) is 0. The van der Waals surface area contributed by atoms with E-state index in [4.69, 9.17) is 52.1 Å². The first-order chi connectivity index (χ1) is 20.9. The van der Waals surface area contributed by atoms with Crippen molar-refractivity contribution in [1.82, 2.24) is 0 Å². The Bertz CT molecular complexity index is 486. The van der Waals surface area contributed by atoms with Gasteiger partial charge in [-0.05, 0) is 6.42 Å². The molecule has 11 heteroatoms.